The first-order valence-electron chi connectivity index (χ1n) is 12.0. The normalized spacial score (nSPS) is 17.3. The molecule has 2 aliphatic heterocycles. The van der Waals surface area contributed by atoms with Gasteiger partial charge < -0.3 is 19.5 Å². The summed E-state index contributed by atoms with van der Waals surface area (Å²) in [4.78, 5) is 25.3. The van der Waals surface area contributed by atoms with Crippen LogP contribution in [0.2, 0.25) is 0 Å². The molecule has 36 heavy (non-hydrogen) atoms. The molecule has 0 saturated carbocycles. The Morgan fingerprint density at radius 3 is 2.67 bits per heavy atom. The van der Waals surface area contributed by atoms with Crippen molar-refractivity contribution in [3.05, 3.63) is 46.3 Å². The van der Waals surface area contributed by atoms with Gasteiger partial charge in [-0.3, -0.25) is 9.48 Å². The summed E-state index contributed by atoms with van der Waals surface area (Å²) < 4.78 is 56.8. The minimum absolute atomic E-state index is 0.00364. The molecule has 1 aromatic carbocycles. The van der Waals surface area contributed by atoms with E-state index in [1.54, 1.807) is 4.68 Å². The van der Waals surface area contributed by atoms with E-state index in [0.29, 0.717) is 51.3 Å². The summed E-state index contributed by atoms with van der Waals surface area (Å²) in [6.45, 7) is 4.35. The van der Waals surface area contributed by atoms with Crippen LogP contribution in [0.3, 0.4) is 0 Å². The van der Waals surface area contributed by atoms with Gasteiger partial charge in [0.1, 0.15) is 11.4 Å². The molecule has 0 aliphatic carbocycles. The fraction of sp³-hybridized carbons (Fsp3) is 0.560. The van der Waals surface area contributed by atoms with Crippen molar-refractivity contribution in [1.82, 2.24) is 15.1 Å². The number of esters is 1. The lowest BCUT2D eigenvalue weighted by Crippen LogP contribution is -2.40. The largest absolute Gasteiger partial charge is 0.497 e. The monoisotopic (exact) mass is 509 g/mol. The quantitative estimate of drug-likeness (QED) is 0.451. The molecule has 1 N–H and O–H groups in total. The van der Waals surface area contributed by atoms with Crippen LogP contribution in [-0.4, -0.2) is 55.1 Å². The van der Waals surface area contributed by atoms with Crippen molar-refractivity contribution < 1.29 is 37.0 Å². The van der Waals surface area contributed by atoms with Crippen molar-refractivity contribution in [2.24, 2.45) is 5.41 Å². The lowest BCUT2D eigenvalue weighted by Gasteiger charge is -2.36. The Hall–Kier alpha value is -3.08. The van der Waals surface area contributed by atoms with E-state index in [1.807, 2.05) is 6.92 Å². The van der Waals surface area contributed by atoms with Gasteiger partial charge in [0, 0.05) is 31.9 Å². The topological polar surface area (TPSA) is 91.7 Å². The van der Waals surface area contributed by atoms with Gasteiger partial charge in [0.15, 0.2) is 0 Å². The van der Waals surface area contributed by atoms with Gasteiger partial charge in [0.2, 0.25) is 0 Å². The first-order valence-corrected chi connectivity index (χ1v) is 12.0. The lowest BCUT2D eigenvalue weighted by molar-refractivity contribution is -0.137. The molecular formula is C25H30F3N3O5. The zero-order chi connectivity index (χ0) is 25.9. The number of fused-ring (bicyclic) bond motifs is 1. The second-order valence-electron chi connectivity index (χ2n) is 9.25. The van der Waals surface area contributed by atoms with Crippen molar-refractivity contribution in [2.75, 3.05) is 33.5 Å². The number of rotatable bonds is 7. The molecule has 3 heterocycles. The number of hydrogen-bond acceptors (Lipinski definition) is 6. The van der Waals surface area contributed by atoms with E-state index in [9.17, 15) is 22.8 Å². The van der Waals surface area contributed by atoms with E-state index in [2.05, 4.69) is 10.4 Å². The van der Waals surface area contributed by atoms with Crippen molar-refractivity contribution in [1.29, 1.82) is 0 Å². The van der Waals surface area contributed by atoms with Gasteiger partial charge >= 0.3 is 12.1 Å². The van der Waals surface area contributed by atoms with Gasteiger partial charge in [0.25, 0.3) is 5.91 Å². The Balaban J connectivity index is 1.45. The third-order valence-electron chi connectivity index (χ3n) is 6.87. The summed E-state index contributed by atoms with van der Waals surface area (Å²) in [5, 5.41) is 7.72. The number of nitrogens with one attached hydrogen (secondary N) is 1. The fourth-order valence-corrected chi connectivity index (χ4v) is 4.85. The van der Waals surface area contributed by atoms with Crippen molar-refractivity contribution in [3.8, 4) is 5.75 Å². The molecular weight excluding hydrogens is 479 g/mol. The average molecular weight is 510 g/mol. The highest BCUT2D eigenvalue weighted by Gasteiger charge is 2.39. The predicted octanol–water partition coefficient (Wildman–Crippen LogP) is 3.80. The van der Waals surface area contributed by atoms with Crippen LogP contribution in [-0.2, 0) is 35.0 Å². The molecule has 0 radical (unpaired) electrons. The standard InChI is InChI=1S/C25H30F3N3O5/c1-3-31-21-19(14-24(15-29-22(21)32)6-9-35-10-7-24)20(30-31)5-4-8-36-23(33)16-11-17(25(26,27)28)13-18(12-16)34-2/h11-13H,3-10,14-15H2,1-2H3,(H,29,32). The third kappa shape index (κ3) is 5.50. The van der Waals surface area contributed by atoms with Crippen LogP contribution in [0.5, 0.6) is 5.75 Å². The summed E-state index contributed by atoms with van der Waals surface area (Å²) >= 11 is 0. The average Bonchev–Trinajstić information content (AvgIpc) is 3.14. The fourth-order valence-electron chi connectivity index (χ4n) is 4.85. The van der Waals surface area contributed by atoms with E-state index in [1.165, 1.54) is 13.2 Å². The number of nitrogens with zero attached hydrogens (tertiary/aromatic N) is 2. The van der Waals surface area contributed by atoms with E-state index in [0.717, 1.165) is 36.2 Å². The number of carbonyl (C=O) groups excluding carboxylic acids is 2. The highest BCUT2D eigenvalue weighted by atomic mass is 19.4. The SMILES string of the molecule is CCn1nc(CCCOC(=O)c2cc(OC)cc(C(F)(F)F)c2)c2c1C(=O)NCC1(CCOCC1)C2. The Labute approximate surface area is 207 Å². The molecule has 2 aliphatic rings. The molecule has 0 unspecified atom stereocenters. The van der Waals surface area contributed by atoms with E-state index >= 15 is 0 Å². The van der Waals surface area contributed by atoms with E-state index in [4.69, 9.17) is 14.2 Å². The number of ether oxygens (including phenoxy) is 3. The molecule has 2 aromatic rings. The number of aromatic nitrogens is 2. The maximum atomic E-state index is 13.1. The van der Waals surface area contributed by atoms with Crippen LogP contribution < -0.4 is 10.1 Å². The van der Waals surface area contributed by atoms with Gasteiger partial charge in [-0.1, -0.05) is 0 Å². The summed E-state index contributed by atoms with van der Waals surface area (Å²) in [5.41, 5.74) is 0.980. The number of methoxy groups -OCH3 is 1. The molecule has 4 rings (SSSR count). The maximum Gasteiger partial charge on any atom is 0.416 e. The molecule has 1 amide bonds. The summed E-state index contributed by atoms with van der Waals surface area (Å²) in [5.74, 6) is -1.08. The van der Waals surface area contributed by atoms with E-state index in [-0.39, 0.29) is 29.2 Å². The van der Waals surface area contributed by atoms with Crippen LogP contribution >= 0.6 is 0 Å². The van der Waals surface area contributed by atoms with Crippen molar-refractivity contribution in [3.63, 3.8) is 0 Å². The molecule has 196 valence electrons. The zero-order valence-corrected chi connectivity index (χ0v) is 20.4. The smallest absolute Gasteiger partial charge is 0.416 e. The highest BCUT2D eigenvalue weighted by Crippen LogP contribution is 2.38. The van der Waals surface area contributed by atoms with Crippen LogP contribution in [0.15, 0.2) is 18.2 Å². The molecule has 0 atom stereocenters. The van der Waals surface area contributed by atoms with E-state index < -0.39 is 17.7 Å². The molecule has 0 bridgehead atoms. The molecule has 11 heteroatoms. The van der Waals surface area contributed by atoms with Gasteiger partial charge in [-0.2, -0.15) is 18.3 Å². The number of carbonyl (C=O) groups is 2. The number of benzene rings is 1. The second kappa shape index (κ2) is 10.5. The molecule has 1 spiro atoms. The minimum atomic E-state index is -4.62. The Morgan fingerprint density at radius 2 is 2.00 bits per heavy atom. The molecule has 1 saturated heterocycles. The van der Waals surface area contributed by atoms with Crippen LogP contribution in [0.25, 0.3) is 0 Å². The molecule has 1 aromatic heterocycles. The van der Waals surface area contributed by atoms with Gasteiger partial charge in [-0.05, 0) is 62.6 Å². The minimum Gasteiger partial charge on any atom is -0.497 e. The first kappa shape index (κ1) is 26.0. The summed E-state index contributed by atoms with van der Waals surface area (Å²) in [6.07, 6.45) is -1.33. The zero-order valence-electron chi connectivity index (χ0n) is 20.4. The van der Waals surface area contributed by atoms with Gasteiger partial charge in [0.05, 0.1) is 30.5 Å². The number of aryl methyl sites for hydroxylation is 2. The van der Waals surface area contributed by atoms with Gasteiger partial charge in [-0.25, -0.2) is 4.79 Å². The third-order valence-corrected chi connectivity index (χ3v) is 6.87. The van der Waals surface area contributed by atoms with Crippen molar-refractivity contribution >= 4 is 11.9 Å². The predicted molar refractivity (Wildman–Crippen MR) is 123 cm³/mol. The summed E-state index contributed by atoms with van der Waals surface area (Å²) in [6, 6.07) is 2.79. The number of hydrogen-bond donors (Lipinski definition) is 1. The molecule has 8 nitrogen and oxygen atoms in total. The van der Waals surface area contributed by atoms with Crippen molar-refractivity contribution in [2.45, 2.75) is 51.7 Å². The number of alkyl halides is 3. The highest BCUT2D eigenvalue weighted by molar-refractivity contribution is 5.95. The second-order valence-corrected chi connectivity index (χ2v) is 9.25. The molecule has 1 fully saturated rings. The first-order chi connectivity index (χ1) is 17.2. The summed E-state index contributed by atoms with van der Waals surface area (Å²) in [7, 11) is 1.23. The van der Waals surface area contributed by atoms with Gasteiger partial charge in [-0.15, -0.1) is 0 Å². The number of halogens is 3. The van der Waals surface area contributed by atoms with Crippen LogP contribution in [0.4, 0.5) is 13.2 Å². The Kier molecular flexibility index (Phi) is 7.58. The Morgan fingerprint density at radius 1 is 1.25 bits per heavy atom. The Bertz CT molecular complexity index is 1120. The van der Waals surface area contributed by atoms with Crippen LogP contribution in [0.1, 0.15) is 63.9 Å². The lowest BCUT2D eigenvalue weighted by atomic mass is 9.75. The van der Waals surface area contributed by atoms with Crippen LogP contribution in [0, 0.1) is 5.41 Å². The maximum absolute atomic E-state index is 13.1. The number of amides is 1.